The van der Waals surface area contributed by atoms with Crippen molar-refractivity contribution in [2.75, 3.05) is 6.54 Å². The van der Waals surface area contributed by atoms with Crippen molar-refractivity contribution >= 4 is 38.5 Å². The van der Waals surface area contributed by atoms with Crippen LogP contribution in [0, 0.1) is 3.57 Å². The Labute approximate surface area is 142 Å². The third-order valence-electron chi connectivity index (χ3n) is 3.16. The second kappa shape index (κ2) is 7.56. The van der Waals surface area contributed by atoms with Gasteiger partial charge in [0.25, 0.3) is 0 Å². The molecule has 1 aromatic heterocycles. The fraction of sp³-hybridized carbons (Fsp3) is 0.400. The topological polar surface area (TPSA) is 29.9 Å². The Balaban J connectivity index is 2.44. The summed E-state index contributed by atoms with van der Waals surface area (Å²) in [6, 6.07) is 8.71. The number of nitrogens with zero attached hydrogens (tertiary/aromatic N) is 2. The van der Waals surface area contributed by atoms with Crippen molar-refractivity contribution < 1.29 is 0 Å². The second-order valence-electron chi connectivity index (χ2n) is 4.64. The SMILES string of the molecule is CCCn1nccc1C(NCC)c1cc(Br)ccc1I. The van der Waals surface area contributed by atoms with E-state index in [2.05, 4.69) is 91.7 Å². The van der Waals surface area contributed by atoms with E-state index >= 15 is 0 Å². The Bertz CT molecular complexity index is 568. The van der Waals surface area contributed by atoms with Gasteiger partial charge < -0.3 is 5.32 Å². The second-order valence-corrected chi connectivity index (χ2v) is 6.71. The fourth-order valence-electron chi connectivity index (χ4n) is 2.30. The molecule has 0 fully saturated rings. The summed E-state index contributed by atoms with van der Waals surface area (Å²) in [6.45, 7) is 6.19. The first-order valence-electron chi connectivity index (χ1n) is 6.87. The standard InChI is InChI=1S/C15H19BrIN3/c1-3-9-20-14(7-8-19-20)15(18-4-2)12-10-11(16)5-6-13(12)17/h5-8,10,15,18H,3-4,9H2,1-2H3. The third kappa shape index (κ3) is 3.62. The molecule has 5 heteroatoms. The van der Waals surface area contributed by atoms with Gasteiger partial charge in [-0.1, -0.05) is 29.8 Å². The van der Waals surface area contributed by atoms with E-state index in [4.69, 9.17) is 0 Å². The van der Waals surface area contributed by atoms with Crippen LogP contribution in [0.3, 0.4) is 0 Å². The quantitative estimate of drug-likeness (QED) is 0.666. The molecule has 0 saturated carbocycles. The maximum Gasteiger partial charge on any atom is 0.0758 e. The minimum absolute atomic E-state index is 0.179. The molecule has 0 aliphatic heterocycles. The molecule has 108 valence electrons. The minimum atomic E-state index is 0.179. The maximum atomic E-state index is 4.45. The van der Waals surface area contributed by atoms with Gasteiger partial charge in [0.2, 0.25) is 0 Å². The van der Waals surface area contributed by atoms with Gasteiger partial charge in [-0.15, -0.1) is 0 Å². The molecule has 0 saturated heterocycles. The molecule has 1 heterocycles. The van der Waals surface area contributed by atoms with Crippen molar-refractivity contribution in [1.29, 1.82) is 0 Å². The van der Waals surface area contributed by atoms with Gasteiger partial charge in [0.05, 0.1) is 11.7 Å². The predicted molar refractivity (Wildman–Crippen MR) is 94.9 cm³/mol. The lowest BCUT2D eigenvalue weighted by Gasteiger charge is -2.21. The lowest BCUT2D eigenvalue weighted by molar-refractivity contribution is 0.519. The van der Waals surface area contributed by atoms with Crippen molar-refractivity contribution in [1.82, 2.24) is 15.1 Å². The Morgan fingerprint density at radius 2 is 2.15 bits per heavy atom. The Morgan fingerprint density at radius 1 is 1.35 bits per heavy atom. The van der Waals surface area contributed by atoms with Crippen LogP contribution in [0.25, 0.3) is 0 Å². The van der Waals surface area contributed by atoms with Crippen LogP contribution in [0.5, 0.6) is 0 Å². The van der Waals surface area contributed by atoms with E-state index in [0.717, 1.165) is 24.0 Å². The van der Waals surface area contributed by atoms with Crippen molar-refractivity contribution in [3.8, 4) is 0 Å². The summed E-state index contributed by atoms with van der Waals surface area (Å²) in [5.41, 5.74) is 2.52. The molecule has 0 spiro atoms. The van der Waals surface area contributed by atoms with Crippen LogP contribution in [-0.2, 0) is 6.54 Å². The van der Waals surface area contributed by atoms with Gasteiger partial charge in [-0.25, -0.2) is 0 Å². The molecular weight excluding hydrogens is 429 g/mol. The van der Waals surface area contributed by atoms with Gasteiger partial charge in [-0.05, 0) is 65.4 Å². The number of benzene rings is 1. The van der Waals surface area contributed by atoms with Crippen molar-refractivity contribution in [2.45, 2.75) is 32.9 Å². The first-order chi connectivity index (χ1) is 9.67. The average molecular weight is 448 g/mol. The van der Waals surface area contributed by atoms with E-state index in [1.54, 1.807) is 0 Å². The number of halogens is 2. The smallest absolute Gasteiger partial charge is 0.0758 e. The molecular formula is C15H19BrIN3. The number of hydrogen-bond donors (Lipinski definition) is 1. The normalized spacial score (nSPS) is 12.6. The highest BCUT2D eigenvalue weighted by atomic mass is 127. The molecule has 1 N–H and O–H groups in total. The van der Waals surface area contributed by atoms with Crippen molar-refractivity contribution in [2.24, 2.45) is 0 Å². The molecule has 0 amide bonds. The Kier molecular flexibility index (Phi) is 6.04. The highest BCUT2D eigenvalue weighted by Gasteiger charge is 2.19. The lowest BCUT2D eigenvalue weighted by Crippen LogP contribution is -2.25. The summed E-state index contributed by atoms with van der Waals surface area (Å²) in [6.07, 6.45) is 2.98. The largest absolute Gasteiger partial charge is 0.305 e. The molecule has 3 nitrogen and oxygen atoms in total. The van der Waals surface area contributed by atoms with Crippen LogP contribution in [0.15, 0.2) is 34.9 Å². The number of aromatic nitrogens is 2. The summed E-state index contributed by atoms with van der Waals surface area (Å²) in [7, 11) is 0. The van der Waals surface area contributed by atoms with E-state index in [-0.39, 0.29) is 6.04 Å². The zero-order valence-corrected chi connectivity index (χ0v) is 15.5. The van der Waals surface area contributed by atoms with Crippen molar-refractivity contribution in [3.63, 3.8) is 0 Å². The van der Waals surface area contributed by atoms with Crippen LogP contribution in [0.1, 0.15) is 37.6 Å². The molecule has 0 radical (unpaired) electrons. The number of nitrogens with one attached hydrogen (secondary N) is 1. The zero-order chi connectivity index (χ0) is 14.5. The first-order valence-corrected chi connectivity index (χ1v) is 8.74. The molecule has 0 aliphatic rings. The number of rotatable bonds is 6. The number of hydrogen-bond acceptors (Lipinski definition) is 2. The van der Waals surface area contributed by atoms with Crippen LogP contribution in [0.2, 0.25) is 0 Å². The molecule has 20 heavy (non-hydrogen) atoms. The first kappa shape index (κ1) is 16.0. The molecule has 2 rings (SSSR count). The highest BCUT2D eigenvalue weighted by Crippen LogP contribution is 2.29. The predicted octanol–water partition coefficient (Wildman–Crippen LogP) is 4.36. The van der Waals surface area contributed by atoms with E-state index in [1.807, 2.05) is 6.20 Å². The monoisotopic (exact) mass is 447 g/mol. The third-order valence-corrected chi connectivity index (χ3v) is 4.63. The van der Waals surface area contributed by atoms with E-state index in [1.165, 1.54) is 14.8 Å². The minimum Gasteiger partial charge on any atom is -0.305 e. The van der Waals surface area contributed by atoms with E-state index < -0.39 is 0 Å². The van der Waals surface area contributed by atoms with Gasteiger partial charge in [0, 0.05) is 20.8 Å². The zero-order valence-electron chi connectivity index (χ0n) is 11.7. The van der Waals surface area contributed by atoms with Crippen LogP contribution >= 0.6 is 38.5 Å². The number of aryl methyl sites for hydroxylation is 1. The fourth-order valence-corrected chi connectivity index (χ4v) is 3.33. The van der Waals surface area contributed by atoms with Gasteiger partial charge in [-0.2, -0.15) is 5.10 Å². The summed E-state index contributed by atoms with van der Waals surface area (Å²) in [5, 5.41) is 8.03. The van der Waals surface area contributed by atoms with E-state index in [0.29, 0.717) is 0 Å². The summed E-state index contributed by atoms with van der Waals surface area (Å²) in [4.78, 5) is 0. The lowest BCUT2D eigenvalue weighted by atomic mass is 10.0. The Morgan fingerprint density at radius 3 is 2.85 bits per heavy atom. The van der Waals surface area contributed by atoms with Crippen LogP contribution in [0.4, 0.5) is 0 Å². The average Bonchev–Trinajstić information content (AvgIpc) is 2.88. The summed E-state index contributed by atoms with van der Waals surface area (Å²) in [5.74, 6) is 0. The van der Waals surface area contributed by atoms with E-state index in [9.17, 15) is 0 Å². The summed E-state index contributed by atoms with van der Waals surface area (Å²) >= 11 is 5.97. The molecule has 2 aromatic rings. The molecule has 1 aromatic carbocycles. The molecule has 1 unspecified atom stereocenters. The van der Waals surface area contributed by atoms with Crippen molar-refractivity contribution in [3.05, 3.63) is 49.8 Å². The molecule has 0 bridgehead atoms. The Hall–Kier alpha value is -0.400. The maximum absolute atomic E-state index is 4.45. The van der Waals surface area contributed by atoms with Crippen LogP contribution < -0.4 is 5.32 Å². The van der Waals surface area contributed by atoms with Gasteiger partial charge >= 0.3 is 0 Å². The van der Waals surface area contributed by atoms with Gasteiger partial charge in [0.15, 0.2) is 0 Å². The molecule has 0 aliphatic carbocycles. The van der Waals surface area contributed by atoms with Gasteiger partial charge in [-0.3, -0.25) is 4.68 Å². The highest BCUT2D eigenvalue weighted by molar-refractivity contribution is 14.1. The summed E-state index contributed by atoms with van der Waals surface area (Å²) < 4.78 is 4.47. The van der Waals surface area contributed by atoms with Gasteiger partial charge in [0.1, 0.15) is 0 Å². The molecule has 1 atom stereocenters. The van der Waals surface area contributed by atoms with Crippen LogP contribution in [-0.4, -0.2) is 16.3 Å².